The largest absolute Gasteiger partial charge is 0.494 e. The van der Waals surface area contributed by atoms with Gasteiger partial charge in [-0.2, -0.15) is 0 Å². The van der Waals surface area contributed by atoms with Crippen molar-refractivity contribution in [1.29, 1.82) is 0 Å². The third-order valence-corrected chi connectivity index (χ3v) is 6.55. The molecule has 0 bridgehead atoms. The van der Waals surface area contributed by atoms with Crippen LogP contribution < -0.4 is 9.64 Å². The number of fused-ring (bicyclic) bond motifs is 1. The molecule has 0 spiro atoms. The number of thiazole rings is 1. The van der Waals surface area contributed by atoms with Crippen LogP contribution in [0.3, 0.4) is 0 Å². The number of nitro groups is 1. The van der Waals surface area contributed by atoms with E-state index in [-0.39, 0.29) is 35.4 Å². The van der Waals surface area contributed by atoms with E-state index in [2.05, 4.69) is 4.98 Å². The molecule has 2 heterocycles. The van der Waals surface area contributed by atoms with Crippen LogP contribution in [0.4, 0.5) is 11.4 Å². The van der Waals surface area contributed by atoms with Crippen LogP contribution in [-0.2, 0) is 9.59 Å². The van der Waals surface area contributed by atoms with Crippen molar-refractivity contribution in [2.75, 3.05) is 12.0 Å². The maximum absolute atomic E-state index is 12.9. The zero-order chi connectivity index (χ0) is 19.8. The van der Waals surface area contributed by atoms with E-state index in [1.807, 2.05) is 24.3 Å². The molecule has 1 fully saturated rings. The van der Waals surface area contributed by atoms with E-state index in [0.717, 1.165) is 15.1 Å². The molecule has 0 saturated carbocycles. The molecule has 1 aliphatic rings. The Morgan fingerprint density at radius 1 is 1.29 bits per heavy atom. The number of amides is 2. The number of nitro benzene ring substituents is 1. The molecule has 0 N–H and O–H groups in total. The molecule has 142 valence electrons. The molecule has 2 aromatic carbocycles. The molecular weight excluding hydrogens is 402 g/mol. The van der Waals surface area contributed by atoms with Gasteiger partial charge in [0.05, 0.1) is 34.0 Å². The molecule has 0 aliphatic carbocycles. The molecule has 28 heavy (non-hydrogen) atoms. The van der Waals surface area contributed by atoms with E-state index in [4.69, 9.17) is 4.74 Å². The number of hydrogen-bond donors (Lipinski definition) is 0. The van der Waals surface area contributed by atoms with Gasteiger partial charge in [-0.15, -0.1) is 11.3 Å². The van der Waals surface area contributed by atoms with Gasteiger partial charge in [0.25, 0.3) is 5.69 Å². The minimum absolute atomic E-state index is 0.0273. The standard InChI is InChI=1S/C18H13N3O5S2/c1-26-13-8-10(21(24)25)6-7-12(13)20-16(22)9-15(17(20)23)28-18-19-11-4-2-3-5-14(11)27-18/h2-8,15H,9H2,1H3. The van der Waals surface area contributed by atoms with E-state index in [9.17, 15) is 19.7 Å². The molecule has 1 saturated heterocycles. The number of hydrogen-bond acceptors (Lipinski definition) is 8. The van der Waals surface area contributed by atoms with Gasteiger partial charge in [-0.3, -0.25) is 19.7 Å². The molecule has 10 heteroatoms. The van der Waals surface area contributed by atoms with E-state index < -0.39 is 10.2 Å². The third-order valence-electron chi connectivity index (χ3n) is 4.24. The number of imide groups is 1. The lowest BCUT2D eigenvalue weighted by atomic mass is 10.2. The molecular formula is C18H13N3O5S2. The fourth-order valence-electron chi connectivity index (χ4n) is 2.94. The summed E-state index contributed by atoms with van der Waals surface area (Å²) in [6.07, 6.45) is 0.0273. The Hall–Kier alpha value is -2.98. The lowest BCUT2D eigenvalue weighted by molar-refractivity contribution is -0.384. The smallest absolute Gasteiger partial charge is 0.273 e. The van der Waals surface area contributed by atoms with Gasteiger partial charge in [-0.05, 0) is 18.2 Å². The molecule has 2 amide bonds. The predicted molar refractivity (Wildman–Crippen MR) is 106 cm³/mol. The van der Waals surface area contributed by atoms with Gasteiger partial charge in [0.2, 0.25) is 11.8 Å². The molecule has 0 radical (unpaired) electrons. The predicted octanol–water partition coefficient (Wildman–Crippen LogP) is 3.64. The third kappa shape index (κ3) is 3.20. The van der Waals surface area contributed by atoms with Crippen molar-refractivity contribution in [2.45, 2.75) is 16.0 Å². The molecule has 1 aromatic heterocycles. The molecule has 1 aliphatic heterocycles. The highest BCUT2D eigenvalue weighted by atomic mass is 32.2. The normalized spacial score (nSPS) is 16.8. The topological polar surface area (TPSA) is 103 Å². The highest BCUT2D eigenvalue weighted by Gasteiger charge is 2.42. The van der Waals surface area contributed by atoms with Crippen LogP contribution in [0.2, 0.25) is 0 Å². The number of nitrogens with zero attached hydrogens (tertiary/aromatic N) is 3. The first kappa shape index (κ1) is 18.4. The summed E-state index contributed by atoms with van der Waals surface area (Å²) >= 11 is 2.72. The number of methoxy groups -OCH3 is 1. The van der Waals surface area contributed by atoms with Crippen LogP contribution in [0, 0.1) is 10.1 Å². The maximum Gasteiger partial charge on any atom is 0.273 e. The van der Waals surface area contributed by atoms with Crippen molar-refractivity contribution in [3.05, 3.63) is 52.6 Å². The lowest BCUT2D eigenvalue weighted by Gasteiger charge is -2.17. The first-order valence-corrected chi connectivity index (χ1v) is 9.89. The van der Waals surface area contributed by atoms with Crippen molar-refractivity contribution in [3.8, 4) is 5.75 Å². The summed E-state index contributed by atoms with van der Waals surface area (Å²) in [6.45, 7) is 0. The second kappa shape index (κ2) is 7.21. The van der Waals surface area contributed by atoms with Gasteiger partial charge < -0.3 is 4.74 Å². The quantitative estimate of drug-likeness (QED) is 0.356. The first-order valence-electron chi connectivity index (χ1n) is 8.19. The Bertz CT molecular complexity index is 1080. The van der Waals surface area contributed by atoms with Gasteiger partial charge in [-0.1, -0.05) is 23.9 Å². The Morgan fingerprint density at radius 2 is 2.07 bits per heavy atom. The summed E-state index contributed by atoms with van der Waals surface area (Å²) in [5.74, 6) is -0.668. The zero-order valence-electron chi connectivity index (χ0n) is 14.5. The number of non-ortho nitro benzene ring substituents is 1. The summed E-state index contributed by atoms with van der Waals surface area (Å²) in [5, 5.41) is 10.3. The van der Waals surface area contributed by atoms with Crippen LogP contribution in [-0.4, -0.2) is 34.1 Å². The van der Waals surface area contributed by atoms with Gasteiger partial charge in [-0.25, -0.2) is 9.88 Å². The van der Waals surface area contributed by atoms with Crippen LogP contribution in [0.25, 0.3) is 10.2 Å². The van der Waals surface area contributed by atoms with E-state index in [1.54, 1.807) is 0 Å². The Balaban J connectivity index is 1.61. The van der Waals surface area contributed by atoms with Crippen molar-refractivity contribution in [3.63, 3.8) is 0 Å². The average molecular weight is 415 g/mol. The van der Waals surface area contributed by atoms with E-state index in [1.165, 1.54) is 48.4 Å². The van der Waals surface area contributed by atoms with E-state index in [0.29, 0.717) is 4.34 Å². The number of anilines is 1. The first-order chi connectivity index (χ1) is 13.5. The molecule has 8 nitrogen and oxygen atoms in total. The highest BCUT2D eigenvalue weighted by Crippen LogP contribution is 2.40. The lowest BCUT2D eigenvalue weighted by Crippen LogP contribution is -2.31. The fourth-order valence-corrected chi connectivity index (χ4v) is 5.27. The molecule has 1 unspecified atom stereocenters. The Labute approximate surface area is 167 Å². The summed E-state index contributed by atoms with van der Waals surface area (Å²) < 4.78 is 6.89. The van der Waals surface area contributed by atoms with E-state index >= 15 is 0 Å². The van der Waals surface area contributed by atoms with Crippen molar-refractivity contribution in [1.82, 2.24) is 4.98 Å². The number of thioether (sulfide) groups is 1. The monoisotopic (exact) mass is 415 g/mol. The second-order valence-electron chi connectivity index (χ2n) is 5.94. The Morgan fingerprint density at radius 3 is 2.79 bits per heavy atom. The number of ether oxygens (including phenoxy) is 1. The number of carbonyl (C=O) groups excluding carboxylic acids is 2. The summed E-state index contributed by atoms with van der Waals surface area (Å²) in [4.78, 5) is 41.3. The number of rotatable bonds is 5. The minimum Gasteiger partial charge on any atom is -0.494 e. The summed E-state index contributed by atoms with van der Waals surface area (Å²) in [5.41, 5.74) is 0.872. The average Bonchev–Trinajstić information content (AvgIpc) is 3.21. The minimum atomic E-state index is -0.604. The van der Waals surface area contributed by atoms with Gasteiger partial charge >= 0.3 is 0 Å². The second-order valence-corrected chi connectivity index (χ2v) is 8.42. The summed E-state index contributed by atoms with van der Waals surface area (Å²) in [7, 11) is 1.33. The number of carbonyl (C=O) groups is 2. The SMILES string of the molecule is COc1cc([N+](=O)[O-])ccc1N1C(=O)CC(Sc2nc3ccccc3s2)C1=O. The van der Waals surface area contributed by atoms with Crippen molar-refractivity contribution in [2.24, 2.45) is 0 Å². The van der Waals surface area contributed by atoms with Crippen LogP contribution in [0.5, 0.6) is 5.75 Å². The fraction of sp³-hybridized carbons (Fsp3) is 0.167. The van der Waals surface area contributed by atoms with Crippen LogP contribution in [0.1, 0.15) is 6.42 Å². The molecule has 1 atom stereocenters. The van der Waals surface area contributed by atoms with Crippen molar-refractivity contribution >= 4 is 56.5 Å². The highest BCUT2D eigenvalue weighted by molar-refractivity contribution is 8.02. The van der Waals surface area contributed by atoms with Crippen LogP contribution >= 0.6 is 23.1 Å². The Kier molecular flexibility index (Phi) is 4.73. The van der Waals surface area contributed by atoms with Gasteiger partial charge in [0, 0.05) is 12.5 Å². The summed E-state index contributed by atoms with van der Waals surface area (Å²) in [6, 6.07) is 11.5. The van der Waals surface area contributed by atoms with Crippen LogP contribution in [0.15, 0.2) is 46.8 Å². The number of benzene rings is 2. The maximum atomic E-state index is 12.9. The van der Waals surface area contributed by atoms with Gasteiger partial charge in [0.15, 0.2) is 4.34 Å². The number of aromatic nitrogens is 1. The molecule has 4 rings (SSSR count). The zero-order valence-corrected chi connectivity index (χ0v) is 16.2. The van der Waals surface area contributed by atoms with Gasteiger partial charge in [0.1, 0.15) is 11.0 Å². The molecule has 3 aromatic rings. The van der Waals surface area contributed by atoms with Crippen molar-refractivity contribution < 1.29 is 19.2 Å². The number of para-hydroxylation sites is 1.